The summed E-state index contributed by atoms with van der Waals surface area (Å²) in [7, 11) is 0. The first-order valence-corrected chi connectivity index (χ1v) is 14.7. The summed E-state index contributed by atoms with van der Waals surface area (Å²) in [6.07, 6.45) is 0.957. The maximum Gasteiger partial charge on any atom is 0.318 e. The van der Waals surface area contributed by atoms with E-state index in [1.165, 1.54) is 0 Å². The number of nitriles is 1. The molecule has 4 heterocycles. The van der Waals surface area contributed by atoms with Gasteiger partial charge in [0.25, 0.3) is 5.92 Å². The van der Waals surface area contributed by atoms with Crippen LogP contribution in [0, 0.1) is 11.3 Å². The number of piperazine rings is 1. The lowest BCUT2D eigenvalue weighted by molar-refractivity contribution is -0.0565. The number of nitrogens with one attached hydrogen (secondary N) is 1. The lowest BCUT2D eigenvalue weighted by atomic mass is 10.0. The highest BCUT2D eigenvalue weighted by atomic mass is 35.5. The Kier molecular flexibility index (Phi) is 8.11. The van der Waals surface area contributed by atoms with Gasteiger partial charge in [-0.3, -0.25) is 4.90 Å². The van der Waals surface area contributed by atoms with Crippen LogP contribution in [0.3, 0.4) is 0 Å². The molecule has 41 heavy (non-hydrogen) atoms. The molecular formula is C30H34ClF2N7O. The zero-order valence-electron chi connectivity index (χ0n) is 23.0. The molecule has 0 aliphatic carbocycles. The third-order valence-electron chi connectivity index (χ3n) is 8.31. The third kappa shape index (κ3) is 6.17. The zero-order valence-corrected chi connectivity index (χ0v) is 23.7. The number of fused-ring (bicyclic) bond motifs is 2. The van der Waals surface area contributed by atoms with Crippen LogP contribution in [0.2, 0.25) is 5.02 Å². The molecule has 0 spiro atoms. The van der Waals surface area contributed by atoms with E-state index in [-0.39, 0.29) is 18.9 Å². The van der Waals surface area contributed by atoms with E-state index in [4.69, 9.17) is 26.3 Å². The topological polar surface area (TPSA) is 80.5 Å². The first kappa shape index (κ1) is 27.9. The molecule has 3 aliphatic rings. The van der Waals surface area contributed by atoms with Crippen LogP contribution in [0.15, 0.2) is 36.4 Å². The van der Waals surface area contributed by atoms with E-state index in [2.05, 4.69) is 45.5 Å². The van der Waals surface area contributed by atoms with Gasteiger partial charge in [-0.1, -0.05) is 35.9 Å². The monoisotopic (exact) mass is 581 g/mol. The average molecular weight is 582 g/mol. The van der Waals surface area contributed by atoms with E-state index in [0.717, 1.165) is 64.6 Å². The van der Waals surface area contributed by atoms with Crippen LogP contribution < -0.4 is 19.9 Å². The number of anilines is 2. The summed E-state index contributed by atoms with van der Waals surface area (Å²) in [6, 6.07) is 14.8. The summed E-state index contributed by atoms with van der Waals surface area (Å²) in [5.74, 6) is -1.71. The van der Waals surface area contributed by atoms with Gasteiger partial charge in [0.1, 0.15) is 12.4 Å². The van der Waals surface area contributed by atoms with E-state index in [1.54, 1.807) is 0 Å². The van der Waals surface area contributed by atoms with E-state index >= 15 is 0 Å². The largest absolute Gasteiger partial charge is 0.462 e. The Morgan fingerprint density at radius 2 is 1.88 bits per heavy atom. The second-order valence-electron chi connectivity index (χ2n) is 11.0. The van der Waals surface area contributed by atoms with Gasteiger partial charge >= 0.3 is 6.01 Å². The van der Waals surface area contributed by atoms with Crippen LogP contribution in [-0.4, -0.2) is 79.3 Å². The number of hydrogen-bond acceptors (Lipinski definition) is 8. The Morgan fingerprint density at radius 3 is 2.68 bits per heavy atom. The van der Waals surface area contributed by atoms with E-state index in [1.807, 2.05) is 17.0 Å². The minimum atomic E-state index is -2.57. The first-order valence-electron chi connectivity index (χ1n) is 14.3. The zero-order chi connectivity index (χ0) is 28.4. The van der Waals surface area contributed by atoms with Crippen LogP contribution in [0.1, 0.15) is 30.5 Å². The molecule has 0 amide bonds. The van der Waals surface area contributed by atoms with Crippen LogP contribution in [0.5, 0.6) is 6.01 Å². The second kappa shape index (κ2) is 11.9. The van der Waals surface area contributed by atoms with Gasteiger partial charge in [0, 0.05) is 81.3 Å². The molecule has 2 aromatic carbocycles. The highest BCUT2D eigenvalue weighted by Gasteiger charge is 2.34. The maximum atomic E-state index is 13.6. The highest BCUT2D eigenvalue weighted by molar-refractivity contribution is 6.36. The van der Waals surface area contributed by atoms with Gasteiger partial charge in [0.05, 0.1) is 29.8 Å². The molecule has 0 saturated carbocycles. The molecule has 6 rings (SSSR count). The summed E-state index contributed by atoms with van der Waals surface area (Å²) in [4.78, 5) is 16.3. The fourth-order valence-corrected chi connectivity index (χ4v) is 6.37. The fourth-order valence-electron chi connectivity index (χ4n) is 6.09. The van der Waals surface area contributed by atoms with Gasteiger partial charge in [-0.25, -0.2) is 8.78 Å². The smallest absolute Gasteiger partial charge is 0.318 e. The molecular weight excluding hydrogens is 548 g/mol. The maximum absolute atomic E-state index is 13.6. The van der Waals surface area contributed by atoms with Gasteiger partial charge in [0.2, 0.25) is 0 Å². The summed E-state index contributed by atoms with van der Waals surface area (Å²) in [6.45, 7) is 5.18. The number of alkyl halides is 2. The molecule has 8 nitrogen and oxygen atoms in total. The Labute approximate surface area is 243 Å². The molecule has 1 atom stereocenters. The van der Waals surface area contributed by atoms with Gasteiger partial charge in [-0.05, 0) is 23.9 Å². The molecule has 3 aliphatic heterocycles. The number of halogens is 3. The SMILES string of the molecule is N#CC[C@H]1CN(c2nc(OCCN3CCC(F)(F)CC3)nc3c2CCN(c2cccc4cccc(Cl)c24)C3)CCN1. The van der Waals surface area contributed by atoms with Crippen molar-refractivity contribution >= 4 is 33.9 Å². The standard InChI is InChI=1S/C30H34ClF2N7O/c31-24-5-1-3-21-4-2-6-26(27(21)24)39-13-8-23-25(20-39)36-29(41-18-17-38-14-9-30(32,33)10-15-38)37-28(23)40-16-12-35-22(19-40)7-11-34/h1-6,22,35H,7-10,12-20H2/t22-/m0/s1. The number of aromatic nitrogens is 2. The molecule has 1 N–H and O–H groups in total. The molecule has 2 fully saturated rings. The van der Waals surface area contributed by atoms with Crippen molar-refractivity contribution in [1.29, 1.82) is 5.26 Å². The van der Waals surface area contributed by atoms with E-state index in [9.17, 15) is 14.0 Å². The fraction of sp³-hybridized carbons (Fsp3) is 0.500. The number of ether oxygens (including phenoxy) is 1. The van der Waals surface area contributed by atoms with Gasteiger partial charge < -0.3 is 19.9 Å². The van der Waals surface area contributed by atoms with Crippen molar-refractivity contribution in [2.75, 3.05) is 62.2 Å². The predicted molar refractivity (Wildman–Crippen MR) is 156 cm³/mol. The second-order valence-corrected chi connectivity index (χ2v) is 11.5. The van der Waals surface area contributed by atoms with Crippen molar-refractivity contribution < 1.29 is 13.5 Å². The van der Waals surface area contributed by atoms with Crippen LogP contribution in [0.4, 0.5) is 20.3 Å². The number of rotatable bonds is 7. The molecule has 0 bridgehead atoms. The number of hydrogen-bond donors (Lipinski definition) is 1. The number of benzene rings is 2. The molecule has 0 radical (unpaired) electrons. The number of nitrogens with zero attached hydrogens (tertiary/aromatic N) is 6. The summed E-state index contributed by atoms with van der Waals surface area (Å²) < 4.78 is 33.2. The minimum absolute atomic E-state index is 0.0684. The summed E-state index contributed by atoms with van der Waals surface area (Å²) in [5, 5.41) is 15.5. The molecule has 0 unspecified atom stereocenters. The number of piperidine rings is 1. The lowest BCUT2D eigenvalue weighted by Gasteiger charge is -2.37. The average Bonchev–Trinajstić information content (AvgIpc) is 2.97. The van der Waals surface area contributed by atoms with Crippen LogP contribution in [0.25, 0.3) is 10.8 Å². The highest BCUT2D eigenvalue weighted by Crippen LogP contribution is 2.37. The quantitative estimate of drug-likeness (QED) is 0.432. The van der Waals surface area contributed by atoms with Crippen molar-refractivity contribution in [2.24, 2.45) is 0 Å². The third-order valence-corrected chi connectivity index (χ3v) is 8.63. The summed E-state index contributed by atoms with van der Waals surface area (Å²) in [5.41, 5.74) is 3.09. The number of likely N-dealkylation sites (tertiary alicyclic amines) is 1. The molecule has 1 aromatic heterocycles. The van der Waals surface area contributed by atoms with Crippen LogP contribution in [-0.2, 0) is 13.0 Å². The Morgan fingerprint density at radius 1 is 1.07 bits per heavy atom. The lowest BCUT2D eigenvalue weighted by Crippen LogP contribution is -2.51. The van der Waals surface area contributed by atoms with Crippen molar-refractivity contribution in [3.63, 3.8) is 0 Å². The van der Waals surface area contributed by atoms with Gasteiger partial charge in [0.15, 0.2) is 0 Å². The van der Waals surface area contributed by atoms with E-state index < -0.39 is 5.92 Å². The van der Waals surface area contributed by atoms with Gasteiger partial charge in [-0.15, -0.1) is 0 Å². The normalized spacial score (nSPS) is 21.0. The Bertz CT molecular complexity index is 1430. The van der Waals surface area contributed by atoms with Crippen molar-refractivity contribution in [2.45, 2.75) is 44.2 Å². The minimum Gasteiger partial charge on any atom is -0.462 e. The predicted octanol–water partition coefficient (Wildman–Crippen LogP) is 4.65. The molecule has 3 aromatic rings. The van der Waals surface area contributed by atoms with Crippen molar-refractivity contribution in [3.05, 3.63) is 52.7 Å². The Balaban J connectivity index is 1.26. The van der Waals surface area contributed by atoms with Gasteiger partial charge in [-0.2, -0.15) is 15.2 Å². The van der Waals surface area contributed by atoms with Crippen molar-refractivity contribution in [1.82, 2.24) is 20.2 Å². The van der Waals surface area contributed by atoms with E-state index in [0.29, 0.717) is 51.8 Å². The van der Waals surface area contributed by atoms with Crippen LogP contribution >= 0.6 is 11.6 Å². The molecule has 216 valence electrons. The molecule has 2 saturated heterocycles. The molecule has 11 heteroatoms. The van der Waals surface area contributed by atoms with Crippen molar-refractivity contribution in [3.8, 4) is 12.1 Å². The Hall–Kier alpha value is -3.26. The first-order chi connectivity index (χ1) is 19.9. The summed E-state index contributed by atoms with van der Waals surface area (Å²) >= 11 is 6.66.